The fourth-order valence-electron chi connectivity index (χ4n) is 2.48. The Kier molecular flexibility index (Phi) is 4.10. The maximum atomic E-state index is 5.74. The third-order valence-electron chi connectivity index (χ3n) is 3.51. The molecule has 0 saturated carbocycles. The average molecular weight is 260 g/mol. The molecule has 1 aromatic heterocycles. The van der Waals surface area contributed by atoms with E-state index in [9.17, 15) is 0 Å². The molecule has 2 aromatic rings. The largest absolute Gasteiger partial charge is 0.353 e. The molecule has 1 aliphatic heterocycles. The van der Waals surface area contributed by atoms with Crippen molar-refractivity contribution >= 4 is 11.0 Å². The summed E-state index contributed by atoms with van der Waals surface area (Å²) in [6.45, 7) is 2.53. The minimum atomic E-state index is 0.0216. The van der Waals surface area contributed by atoms with E-state index in [1.165, 1.54) is 18.4 Å². The van der Waals surface area contributed by atoms with Gasteiger partial charge in [0.15, 0.2) is 6.29 Å². The van der Waals surface area contributed by atoms with Gasteiger partial charge in [-0.1, -0.05) is 12.1 Å². The molecule has 19 heavy (non-hydrogen) atoms. The van der Waals surface area contributed by atoms with Gasteiger partial charge in [0.2, 0.25) is 0 Å². The first-order chi connectivity index (χ1) is 9.43. The molecule has 1 aliphatic rings. The van der Waals surface area contributed by atoms with E-state index in [0.29, 0.717) is 0 Å². The lowest BCUT2D eigenvalue weighted by atomic mass is 10.2. The maximum Gasteiger partial charge on any atom is 0.157 e. The van der Waals surface area contributed by atoms with Crippen molar-refractivity contribution in [2.75, 3.05) is 13.2 Å². The number of imidazole rings is 1. The maximum absolute atomic E-state index is 5.74. The number of benzene rings is 1. The van der Waals surface area contributed by atoms with Gasteiger partial charge < -0.3 is 14.0 Å². The Bertz CT molecular complexity index is 518. The predicted molar refractivity (Wildman–Crippen MR) is 73.9 cm³/mol. The van der Waals surface area contributed by atoms with Crippen molar-refractivity contribution in [3.05, 3.63) is 30.6 Å². The van der Waals surface area contributed by atoms with Gasteiger partial charge >= 0.3 is 0 Å². The molecule has 0 unspecified atom stereocenters. The van der Waals surface area contributed by atoms with Crippen LogP contribution in [0, 0.1) is 0 Å². The van der Waals surface area contributed by atoms with Crippen molar-refractivity contribution in [1.29, 1.82) is 0 Å². The number of ether oxygens (including phenoxy) is 2. The van der Waals surface area contributed by atoms with E-state index in [2.05, 4.69) is 15.6 Å². The molecular weight excluding hydrogens is 240 g/mol. The monoisotopic (exact) mass is 260 g/mol. The van der Waals surface area contributed by atoms with Crippen molar-refractivity contribution in [3.8, 4) is 0 Å². The Morgan fingerprint density at radius 3 is 3.16 bits per heavy atom. The fourth-order valence-corrected chi connectivity index (χ4v) is 2.48. The molecule has 0 radical (unpaired) electrons. The lowest BCUT2D eigenvalue weighted by Crippen LogP contribution is -2.22. The first-order valence-electron chi connectivity index (χ1n) is 7.06. The van der Waals surface area contributed by atoms with Gasteiger partial charge in [0.1, 0.15) is 0 Å². The standard InChI is InChI=1S/C15H20N2O2/c1-2-7-14-13(6-1)16-12-17(14)9-5-11-19-15-8-3-4-10-18-15/h1-2,6-7,12,15H,3-5,8-11H2/t15-/m1/s1. The van der Waals surface area contributed by atoms with E-state index >= 15 is 0 Å². The van der Waals surface area contributed by atoms with Crippen LogP contribution in [0.1, 0.15) is 25.7 Å². The van der Waals surface area contributed by atoms with Crippen molar-refractivity contribution in [2.45, 2.75) is 38.5 Å². The third kappa shape index (κ3) is 3.14. The van der Waals surface area contributed by atoms with Gasteiger partial charge in [-0.25, -0.2) is 4.98 Å². The van der Waals surface area contributed by atoms with Crippen LogP contribution < -0.4 is 0 Å². The van der Waals surface area contributed by atoms with Crippen LogP contribution in [0.2, 0.25) is 0 Å². The molecule has 0 N–H and O–H groups in total. The van der Waals surface area contributed by atoms with E-state index in [4.69, 9.17) is 9.47 Å². The quantitative estimate of drug-likeness (QED) is 0.775. The number of fused-ring (bicyclic) bond motifs is 1. The predicted octanol–water partition coefficient (Wildman–Crippen LogP) is 2.97. The first kappa shape index (κ1) is 12.6. The molecule has 0 spiro atoms. The van der Waals surface area contributed by atoms with Crippen LogP contribution in [0.4, 0.5) is 0 Å². The van der Waals surface area contributed by atoms with Crippen LogP contribution in [-0.2, 0) is 16.0 Å². The lowest BCUT2D eigenvalue weighted by Gasteiger charge is -2.22. The van der Waals surface area contributed by atoms with Crippen molar-refractivity contribution in [2.24, 2.45) is 0 Å². The third-order valence-corrected chi connectivity index (χ3v) is 3.51. The van der Waals surface area contributed by atoms with Gasteiger partial charge in [-0.05, 0) is 37.8 Å². The fraction of sp³-hybridized carbons (Fsp3) is 0.533. The second-order valence-electron chi connectivity index (χ2n) is 4.95. The highest BCUT2D eigenvalue weighted by molar-refractivity contribution is 5.74. The number of aryl methyl sites for hydroxylation is 1. The Morgan fingerprint density at radius 2 is 2.26 bits per heavy atom. The second kappa shape index (κ2) is 6.17. The van der Waals surface area contributed by atoms with Crippen LogP contribution in [0.5, 0.6) is 0 Å². The molecule has 1 fully saturated rings. The molecule has 0 bridgehead atoms. The topological polar surface area (TPSA) is 36.3 Å². The summed E-state index contributed by atoms with van der Waals surface area (Å²) in [4.78, 5) is 4.38. The van der Waals surface area contributed by atoms with Crippen LogP contribution in [0.3, 0.4) is 0 Å². The lowest BCUT2D eigenvalue weighted by molar-refractivity contribution is -0.162. The zero-order valence-corrected chi connectivity index (χ0v) is 11.1. The Morgan fingerprint density at radius 1 is 1.32 bits per heavy atom. The normalized spacial score (nSPS) is 19.9. The summed E-state index contributed by atoms with van der Waals surface area (Å²) in [6.07, 6.45) is 6.33. The van der Waals surface area contributed by atoms with Crippen LogP contribution in [0.25, 0.3) is 11.0 Å². The zero-order valence-electron chi connectivity index (χ0n) is 11.1. The molecule has 102 valence electrons. The number of hydrogen-bond donors (Lipinski definition) is 0. The highest BCUT2D eigenvalue weighted by Gasteiger charge is 2.13. The summed E-state index contributed by atoms with van der Waals surface area (Å²) in [5.74, 6) is 0. The summed E-state index contributed by atoms with van der Waals surface area (Å²) in [7, 11) is 0. The summed E-state index contributed by atoms with van der Waals surface area (Å²) < 4.78 is 13.5. The van der Waals surface area contributed by atoms with E-state index in [1.54, 1.807) is 0 Å². The molecule has 2 heterocycles. The molecule has 1 saturated heterocycles. The van der Waals surface area contributed by atoms with Crippen LogP contribution in [0.15, 0.2) is 30.6 Å². The summed E-state index contributed by atoms with van der Waals surface area (Å²) in [6, 6.07) is 8.21. The minimum Gasteiger partial charge on any atom is -0.353 e. The molecule has 4 nitrogen and oxygen atoms in total. The van der Waals surface area contributed by atoms with Crippen molar-refractivity contribution in [3.63, 3.8) is 0 Å². The van der Waals surface area contributed by atoms with Crippen molar-refractivity contribution in [1.82, 2.24) is 9.55 Å². The number of aromatic nitrogens is 2. The van der Waals surface area contributed by atoms with Gasteiger partial charge in [-0.2, -0.15) is 0 Å². The van der Waals surface area contributed by atoms with Gasteiger partial charge in [-0.15, -0.1) is 0 Å². The average Bonchev–Trinajstić information content (AvgIpc) is 2.88. The number of nitrogens with zero attached hydrogens (tertiary/aromatic N) is 2. The summed E-state index contributed by atoms with van der Waals surface area (Å²) in [5.41, 5.74) is 2.25. The van der Waals surface area contributed by atoms with E-state index in [-0.39, 0.29) is 6.29 Å². The van der Waals surface area contributed by atoms with E-state index in [1.807, 2.05) is 24.5 Å². The van der Waals surface area contributed by atoms with Crippen molar-refractivity contribution < 1.29 is 9.47 Å². The zero-order chi connectivity index (χ0) is 12.9. The van der Waals surface area contributed by atoms with Crippen LogP contribution >= 0.6 is 0 Å². The summed E-state index contributed by atoms with van der Waals surface area (Å²) >= 11 is 0. The van der Waals surface area contributed by atoms with Gasteiger partial charge in [-0.3, -0.25) is 0 Å². The molecule has 0 amide bonds. The Balaban J connectivity index is 1.47. The second-order valence-corrected chi connectivity index (χ2v) is 4.95. The van der Waals surface area contributed by atoms with Gasteiger partial charge in [0.25, 0.3) is 0 Å². The number of hydrogen-bond acceptors (Lipinski definition) is 3. The first-order valence-corrected chi connectivity index (χ1v) is 7.06. The minimum absolute atomic E-state index is 0.0216. The molecule has 1 atom stereocenters. The number of para-hydroxylation sites is 2. The van der Waals surface area contributed by atoms with Crippen LogP contribution in [-0.4, -0.2) is 29.1 Å². The molecule has 4 heteroatoms. The Hall–Kier alpha value is -1.39. The van der Waals surface area contributed by atoms with E-state index in [0.717, 1.165) is 38.1 Å². The molecule has 1 aromatic carbocycles. The van der Waals surface area contributed by atoms with Gasteiger partial charge in [0, 0.05) is 13.2 Å². The molecule has 0 aliphatic carbocycles. The number of rotatable bonds is 5. The van der Waals surface area contributed by atoms with Gasteiger partial charge in [0.05, 0.1) is 24.0 Å². The SMILES string of the molecule is c1ccc2c(c1)ncn2CCCO[C@@H]1CCCCO1. The highest BCUT2D eigenvalue weighted by atomic mass is 16.7. The molecular formula is C15H20N2O2. The molecule has 3 rings (SSSR count). The van der Waals surface area contributed by atoms with E-state index < -0.39 is 0 Å². The summed E-state index contributed by atoms with van der Waals surface area (Å²) in [5, 5.41) is 0. The highest BCUT2D eigenvalue weighted by Crippen LogP contribution is 2.15. The Labute approximate surface area is 113 Å². The smallest absolute Gasteiger partial charge is 0.157 e.